The van der Waals surface area contributed by atoms with Gasteiger partial charge in [0.25, 0.3) is 5.91 Å². The lowest BCUT2D eigenvalue weighted by Gasteiger charge is -2.08. The minimum absolute atomic E-state index is 0.245. The van der Waals surface area contributed by atoms with Crippen LogP contribution in [-0.4, -0.2) is 14.3 Å². The van der Waals surface area contributed by atoms with Gasteiger partial charge in [0.1, 0.15) is 5.82 Å². The van der Waals surface area contributed by atoms with Crippen LogP contribution in [0.5, 0.6) is 0 Å². The quantitative estimate of drug-likeness (QED) is 0.903. The van der Waals surface area contributed by atoms with E-state index in [0.29, 0.717) is 5.56 Å². The summed E-state index contributed by atoms with van der Waals surface area (Å²) in [4.78, 5) is 11.6. The third kappa shape index (κ3) is 3.19. The zero-order chi connectivity index (χ0) is 14.8. The smallest absolute Gasteiger partial charge is 0.255 e. The molecule has 0 fully saturated rings. The van der Waals surface area contributed by atoms with Crippen LogP contribution in [0.1, 0.15) is 10.4 Å². The van der Waals surface area contributed by atoms with E-state index in [1.54, 1.807) is 30.3 Å². The van der Waals surface area contributed by atoms with Crippen LogP contribution in [0.2, 0.25) is 0 Å². The molecule has 0 atom stereocenters. The number of nitrogens with one attached hydrogen (secondary N) is 1. The van der Waals surface area contributed by atoms with Crippen molar-refractivity contribution in [3.05, 3.63) is 59.9 Å². The van der Waals surface area contributed by atoms with Gasteiger partial charge in [-0.15, -0.1) is 0 Å². The first-order valence-electron chi connectivity index (χ1n) is 5.56. The summed E-state index contributed by atoms with van der Waals surface area (Å²) in [6, 6.07) is 11.1. The molecule has 2 aromatic carbocycles. The monoisotopic (exact) mass is 294 g/mol. The molecule has 0 aliphatic carbocycles. The van der Waals surface area contributed by atoms with E-state index in [9.17, 15) is 17.6 Å². The maximum atomic E-state index is 13.6. The van der Waals surface area contributed by atoms with Crippen LogP contribution in [0.15, 0.2) is 53.4 Å². The van der Waals surface area contributed by atoms with Gasteiger partial charge < -0.3 is 5.32 Å². The lowest BCUT2D eigenvalue weighted by molar-refractivity contribution is 0.102. The molecule has 1 amide bonds. The molecule has 0 unspecified atom stereocenters. The van der Waals surface area contributed by atoms with Crippen LogP contribution in [0.25, 0.3) is 0 Å². The Kier molecular flexibility index (Phi) is 3.82. The highest BCUT2D eigenvalue weighted by molar-refractivity contribution is 7.89. The van der Waals surface area contributed by atoms with Gasteiger partial charge in [0.2, 0.25) is 10.0 Å². The number of benzene rings is 2. The second-order valence-electron chi connectivity index (χ2n) is 4.01. The van der Waals surface area contributed by atoms with Crippen molar-refractivity contribution in [1.29, 1.82) is 0 Å². The summed E-state index contributed by atoms with van der Waals surface area (Å²) in [5.74, 6) is -1.29. The van der Waals surface area contributed by atoms with Crippen molar-refractivity contribution in [3.8, 4) is 0 Å². The third-order valence-electron chi connectivity index (χ3n) is 2.55. The van der Waals surface area contributed by atoms with Gasteiger partial charge in [-0.05, 0) is 30.3 Å². The molecular weight excluding hydrogens is 283 g/mol. The van der Waals surface area contributed by atoms with Gasteiger partial charge in [-0.2, -0.15) is 0 Å². The van der Waals surface area contributed by atoms with Gasteiger partial charge in [0.05, 0.1) is 10.6 Å². The number of primary sulfonamides is 1. The first kappa shape index (κ1) is 14.2. The number of hydrogen-bond acceptors (Lipinski definition) is 3. The summed E-state index contributed by atoms with van der Waals surface area (Å²) in [6.07, 6.45) is 0. The zero-order valence-corrected chi connectivity index (χ0v) is 11.0. The lowest BCUT2D eigenvalue weighted by Crippen LogP contribution is -2.15. The predicted molar refractivity (Wildman–Crippen MR) is 72.2 cm³/mol. The first-order chi connectivity index (χ1) is 9.38. The fourth-order valence-corrected chi connectivity index (χ4v) is 2.10. The number of rotatable bonds is 3. The Morgan fingerprint density at radius 1 is 1.10 bits per heavy atom. The molecule has 0 bridgehead atoms. The van der Waals surface area contributed by atoms with E-state index in [0.717, 1.165) is 18.2 Å². The number of hydrogen-bond donors (Lipinski definition) is 2. The van der Waals surface area contributed by atoms with Crippen LogP contribution in [0.3, 0.4) is 0 Å². The molecule has 2 aromatic rings. The molecule has 0 spiro atoms. The molecule has 5 nitrogen and oxygen atoms in total. The molecule has 0 saturated heterocycles. The highest BCUT2D eigenvalue weighted by atomic mass is 32.2. The van der Waals surface area contributed by atoms with Crippen molar-refractivity contribution in [2.24, 2.45) is 5.14 Å². The minimum Gasteiger partial charge on any atom is -0.319 e. The summed E-state index contributed by atoms with van der Waals surface area (Å²) >= 11 is 0. The Morgan fingerprint density at radius 3 is 2.35 bits per heavy atom. The van der Waals surface area contributed by atoms with Gasteiger partial charge in [0, 0.05) is 5.56 Å². The molecule has 3 N–H and O–H groups in total. The summed E-state index contributed by atoms with van der Waals surface area (Å²) in [7, 11) is -3.96. The minimum atomic E-state index is -3.96. The van der Waals surface area contributed by atoms with Crippen LogP contribution in [0, 0.1) is 5.82 Å². The SMILES string of the molecule is NS(=O)(=O)c1ccc(F)c(NC(=O)c2ccccc2)c1. The summed E-state index contributed by atoms with van der Waals surface area (Å²) in [6.45, 7) is 0. The number of anilines is 1. The van der Waals surface area contributed by atoms with Crippen molar-refractivity contribution in [2.45, 2.75) is 4.90 Å². The number of sulfonamides is 1. The van der Waals surface area contributed by atoms with Crippen molar-refractivity contribution in [1.82, 2.24) is 0 Å². The largest absolute Gasteiger partial charge is 0.319 e. The van der Waals surface area contributed by atoms with Gasteiger partial charge in [-0.1, -0.05) is 18.2 Å². The predicted octanol–water partition coefficient (Wildman–Crippen LogP) is 1.73. The van der Waals surface area contributed by atoms with Gasteiger partial charge in [-0.25, -0.2) is 17.9 Å². The van der Waals surface area contributed by atoms with Crippen molar-refractivity contribution in [3.63, 3.8) is 0 Å². The summed E-state index contributed by atoms with van der Waals surface area (Å²) in [5.41, 5.74) is 0.0817. The molecule has 0 aliphatic rings. The van der Waals surface area contributed by atoms with Gasteiger partial charge >= 0.3 is 0 Å². The van der Waals surface area contributed by atoms with E-state index in [1.807, 2.05) is 0 Å². The van der Waals surface area contributed by atoms with Crippen molar-refractivity contribution >= 4 is 21.6 Å². The summed E-state index contributed by atoms with van der Waals surface area (Å²) < 4.78 is 36.0. The molecule has 2 rings (SSSR count). The Morgan fingerprint density at radius 2 is 1.75 bits per heavy atom. The van der Waals surface area contributed by atoms with E-state index < -0.39 is 21.7 Å². The molecule has 104 valence electrons. The normalized spacial score (nSPS) is 11.1. The Labute approximate surface area is 115 Å². The lowest BCUT2D eigenvalue weighted by atomic mass is 10.2. The van der Waals surface area contributed by atoms with E-state index >= 15 is 0 Å². The van der Waals surface area contributed by atoms with E-state index in [1.165, 1.54) is 0 Å². The Balaban J connectivity index is 2.32. The van der Waals surface area contributed by atoms with Gasteiger partial charge in [0.15, 0.2) is 0 Å². The van der Waals surface area contributed by atoms with Crippen molar-refractivity contribution < 1.29 is 17.6 Å². The number of amides is 1. The van der Waals surface area contributed by atoms with E-state index in [-0.39, 0.29) is 10.6 Å². The summed E-state index contributed by atoms with van der Waals surface area (Å²) in [5, 5.41) is 7.26. The highest BCUT2D eigenvalue weighted by Gasteiger charge is 2.14. The van der Waals surface area contributed by atoms with E-state index in [4.69, 9.17) is 5.14 Å². The average molecular weight is 294 g/mol. The molecule has 0 aliphatic heterocycles. The topological polar surface area (TPSA) is 89.3 Å². The Hall–Kier alpha value is -2.25. The second-order valence-corrected chi connectivity index (χ2v) is 5.57. The second kappa shape index (κ2) is 5.40. The maximum Gasteiger partial charge on any atom is 0.255 e. The fraction of sp³-hybridized carbons (Fsp3) is 0. The molecule has 0 heterocycles. The number of carbonyl (C=O) groups is 1. The molecule has 7 heteroatoms. The zero-order valence-electron chi connectivity index (χ0n) is 10.2. The molecule has 0 saturated carbocycles. The average Bonchev–Trinajstić information content (AvgIpc) is 2.41. The highest BCUT2D eigenvalue weighted by Crippen LogP contribution is 2.19. The Bertz CT molecular complexity index is 745. The standard InChI is InChI=1S/C13H11FN2O3S/c14-11-7-6-10(20(15,18)19)8-12(11)16-13(17)9-4-2-1-3-5-9/h1-8H,(H,16,17)(H2,15,18,19). The van der Waals surface area contributed by atoms with Crippen LogP contribution in [-0.2, 0) is 10.0 Å². The number of carbonyl (C=O) groups excluding carboxylic acids is 1. The van der Waals surface area contributed by atoms with E-state index in [2.05, 4.69) is 5.32 Å². The first-order valence-corrected chi connectivity index (χ1v) is 7.11. The van der Waals surface area contributed by atoms with Crippen LogP contribution < -0.4 is 10.5 Å². The molecule has 0 aromatic heterocycles. The number of nitrogens with two attached hydrogens (primary N) is 1. The van der Waals surface area contributed by atoms with Crippen molar-refractivity contribution in [2.75, 3.05) is 5.32 Å². The van der Waals surface area contributed by atoms with Crippen LogP contribution in [0.4, 0.5) is 10.1 Å². The maximum absolute atomic E-state index is 13.6. The third-order valence-corrected chi connectivity index (χ3v) is 3.46. The fourth-order valence-electron chi connectivity index (χ4n) is 1.56. The van der Waals surface area contributed by atoms with Crippen LogP contribution >= 0.6 is 0 Å². The molecule has 20 heavy (non-hydrogen) atoms. The van der Waals surface area contributed by atoms with Gasteiger partial charge in [-0.3, -0.25) is 4.79 Å². The molecular formula is C13H11FN2O3S. The molecule has 0 radical (unpaired) electrons. The number of halogens is 1.